The van der Waals surface area contributed by atoms with Gasteiger partial charge in [-0.05, 0) is 32.8 Å². The van der Waals surface area contributed by atoms with Crippen LogP contribution in [0.3, 0.4) is 0 Å². The summed E-state index contributed by atoms with van der Waals surface area (Å²) in [6.45, 7) is 5.64. The molecule has 0 heterocycles. The fourth-order valence-electron chi connectivity index (χ4n) is 2.62. The molecule has 136 valence electrons. The number of aliphatic imine (C=N–C) groups is 1. The number of hydrogen-bond acceptors (Lipinski definition) is 3. The molecule has 0 spiro atoms. The average Bonchev–Trinajstić information content (AvgIpc) is 3.36. The van der Waals surface area contributed by atoms with E-state index in [1.165, 1.54) is 18.4 Å². The van der Waals surface area contributed by atoms with Crippen LogP contribution in [0.25, 0.3) is 0 Å². The number of nitrogens with one attached hydrogen (secondary N) is 2. The molecule has 0 bridgehead atoms. The van der Waals surface area contributed by atoms with E-state index in [9.17, 15) is 0 Å². The van der Waals surface area contributed by atoms with Gasteiger partial charge in [-0.3, -0.25) is 4.99 Å². The van der Waals surface area contributed by atoms with Crippen molar-refractivity contribution in [3.8, 4) is 5.75 Å². The van der Waals surface area contributed by atoms with Gasteiger partial charge in [0.25, 0.3) is 0 Å². The molecule has 1 aromatic rings. The van der Waals surface area contributed by atoms with Crippen LogP contribution in [-0.4, -0.2) is 45.9 Å². The van der Waals surface area contributed by atoms with Gasteiger partial charge in [0.05, 0.1) is 12.7 Å². The summed E-state index contributed by atoms with van der Waals surface area (Å²) in [6.07, 6.45) is 2.34. The van der Waals surface area contributed by atoms with Gasteiger partial charge < -0.3 is 20.1 Å². The van der Waals surface area contributed by atoms with Crippen LogP contribution in [0.15, 0.2) is 29.3 Å². The van der Waals surface area contributed by atoms with E-state index in [0.717, 1.165) is 18.3 Å². The van der Waals surface area contributed by atoms with Crippen molar-refractivity contribution in [1.29, 1.82) is 0 Å². The third-order valence-corrected chi connectivity index (χ3v) is 4.58. The first-order chi connectivity index (χ1) is 11.0. The predicted molar refractivity (Wildman–Crippen MR) is 110 cm³/mol. The Hall–Kier alpha value is -1.02. The lowest BCUT2D eigenvalue weighted by molar-refractivity contribution is 0.0268. The van der Waals surface area contributed by atoms with Crippen molar-refractivity contribution >= 4 is 29.9 Å². The molecule has 0 saturated heterocycles. The van der Waals surface area contributed by atoms with Gasteiger partial charge in [0, 0.05) is 38.2 Å². The lowest BCUT2D eigenvalue weighted by Crippen LogP contribution is -2.47. The second-order valence-corrected chi connectivity index (χ2v) is 6.72. The molecule has 1 aliphatic carbocycles. The van der Waals surface area contributed by atoms with Gasteiger partial charge in [-0.25, -0.2) is 0 Å². The molecule has 2 N–H and O–H groups in total. The molecular formula is C18H30IN3O2. The minimum atomic E-state index is -0.225. The number of halogens is 1. The van der Waals surface area contributed by atoms with Gasteiger partial charge in [-0.2, -0.15) is 0 Å². The fourth-order valence-corrected chi connectivity index (χ4v) is 2.62. The highest BCUT2D eigenvalue weighted by molar-refractivity contribution is 14.0. The Bertz CT molecular complexity index is 557. The highest BCUT2D eigenvalue weighted by atomic mass is 127. The zero-order valence-electron chi connectivity index (χ0n) is 15.3. The number of methoxy groups -OCH3 is 2. The first kappa shape index (κ1) is 21.0. The smallest absolute Gasteiger partial charge is 0.191 e. The second kappa shape index (κ2) is 8.89. The Balaban J connectivity index is 0.00000288. The minimum Gasteiger partial charge on any atom is -0.496 e. The summed E-state index contributed by atoms with van der Waals surface area (Å²) in [4.78, 5) is 4.30. The van der Waals surface area contributed by atoms with Crippen molar-refractivity contribution in [1.82, 2.24) is 10.6 Å². The van der Waals surface area contributed by atoms with E-state index in [0.29, 0.717) is 6.54 Å². The van der Waals surface area contributed by atoms with Crippen molar-refractivity contribution in [2.75, 3.05) is 34.4 Å². The van der Waals surface area contributed by atoms with Crippen LogP contribution >= 0.6 is 24.0 Å². The number of hydrogen-bond donors (Lipinski definition) is 2. The lowest BCUT2D eigenvalue weighted by atomic mass is 9.95. The van der Waals surface area contributed by atoms with E-state index < -0.39 is 0 Å². The molecule has 1 aromatic carbocycles. The van der Waals surface area contributed by atoms with Crippen LogP contribution in [0.5, 0.6) is 5.75 Å². The highest BCUT2D eigenvalue weighted by Crippen LogP contribution is 2.50. The van der Waals surface area contributed by atoms with Crippen LogP contribution in [-0.2, 0) is 10.2 Å². The van der Waals surface area contributed by atoms with E-state index in [2.05, 4.69) is 27.8 Å². The molecule has 0 atom stereocenters. The second-order valence-electron chi connectivity index (χ2n) is 6.72. The van der Waals surface area contributed by atoms with Crippen molar-refractivity contribution in [2.24, 2.45) is 4.99 Å². The topological polar surface area (TPSA) is 54.9 Å². The average molecular weight is 447 g/mol. The standard InChI is InChI=1S/C18H29N3O2.HI/c1-17(2,23-5)12-20-16(19-3)21-13-18(10-11-18)14-8-6-7-9-15(14)22-4;/h6-9H,10-13H2,1-5H3,(H2,19,20,21);1H. The van der Waals surface area contributed by atoms with E-state index in [-0.39, 0.29) is 35.0 Å². The largest absolute Gasteiger partial charge is 0.496 e. The Morgan fingerprint density at radius 2 is 1.88 bits per heavy atom. The van der Waals surface area contributed by atoms with Crippen LogP contribution in [0.4, 0.5) is 0 Å². The summed E-state index contributed by atoms with van der Waals surface area (Å²) >= 11 is 0. The molecule has 0 amide bonds. The molecule has 0 radical (unpaired) electrons. The Morgan fingerprint density at radius 1 is 1.21 bits per heavy atom. The third kappa shape index (κ3) is 5.24. The van der Waals surface area contributed by atoms with Gasteiger partial charge in [0.2, 0.25) is 0 Å². The fraction of sp³-hybridized carbons (Fsp3) is 0.611. The molecular weight excluding hydrogens is 417 g/mol. The van der Waals surface area contributed by atoms with Crippen molar-refractivity contribution in [3.63, 3.8) is 0 Å². The SMILES string of the molecule is CN=C(NCC(C)(C)OC)NCC1(c2ccccc2OC)CC1.I. The molecule has 2 rings (SSSR count). The summed E-state index contributed by atoms with van der Waals surface area (Å²) in [5.74, 6) is 1.77. The Kier molecular flexibility index (Phi) is 7.79. The molecule has 1 aliphatic rings. The third-order valence-electron chi connectivity index (χ3n) is 4.58. The summed E-state index contributed by atoms with van der Waals surface area (Å²) in [6, 6.07) is 8.28. The van der Waals surface area contributed by atoms with Gasteiger partial charge in [0.1, 0.15) is 5.75 Å². The van der Waals surface area contributed by atoms with Gasteiger partial charge in [-0.15, -0.1) is 24.0 Å². The number of guanidine groups is 1. The molecule has 0 aromatic heterocycles. The summed E-state index contributed by atoms with van der Waals surface area (Å²) in [5, 5.41) is 6.77. The normalized spacial score (nSPS) is 16.1. The number of nitrogens with zero attached hydrogens (tertiary/aromatic N) is 1. The van der Waals surface area contributed by atoms with Crippen LogP contribution < -0.4 is 15.4 Å². The highest BCUT2D eigenvalue weighted by Gasteiger charge is 2.46. The monoisotopic (exact) mass is 447 g/mol. The Labute approximate surface area is 162 Å². The molecule has 1 saturated carbocycles. The maximum atomic E-state index is 5.52. The number of ether oxygens (including phenoxy) is 2. The lowest BCUT2D eigenvalue weighted by Gasteiger charge is -2.25. The first-order valence-corrected chi connectivity index (χ1v) is 8.09. The van der Waals surface area contributed by atoms with Gasteiger partial charge in [0.15, 0.2) is 5.96 Å². The molecule has 5 nitrogen and oxygen atoms in total. The Morgan fingerprint density at radius 3 is 2.42 bits per heavy atom. The quantitative estimate of drug-likeness (QED) is 0.384. The van der Waals surface area contributed by atoms with E-state index in [4.69, 9.17) is 9.47 Å². The predicted octanol–water partition coefficient (Wildman–Crippen LogP) is 2.93. The molecule has 6 heteroatoms. The van der Waals surface area contributed by atoms with E-state index >= 15 is 0 Å². The van der Waals surface area contributed by atoms with E-state index in [1.54, 1.807) is 21.3 Å². The summed E-state index contributed by atoms with van der Waals surface area (Å²) in [7, 11) is 5.24. The molecule has 1 fully saturated rings. The zero-order chi connectivity index (χ0) is 16.9. The van der Waals surface area contributed by atoms with Crippen molar-refractivity contribution in [2.45, 2.75) is 37.7 Å². The molecule has 24 heavy (non-hydrogen) atoms. The number of para-hydroxylation sites is 1. The van der Waals surface area contributed by atoms with Crippen LogP contribution in [0.2, 0.25) is 0 Å². The summed E-state index contributed by atoms with van der Waals surface area (Å²) < 4.78 is 10.9. The molecule has 0 aliphatic heterocycles. The van der Waals surface area contributed by atoms with Crippen LogP contribution in [0, 0.1) is 0 Å². The number of benzene rings is 1. The number of rotatable bonds is 7. The zero-order valence-corrected chi connectivity index (χ0v) is 17.6. The maximum absolute atomic E-state index is 5.52. The van der Waals surface area contributed by atoms with Gasteiger partial charge in [-0.1, -0.05) is 18.2 Å². The van der Waals surface area contributed by atoms with Gasteiger partial charge >= 0.3 is 0 Å². The minimum absolute atomic E-state index is 0. The van der Waals surface area contributed by atoms with Crippen molar-refractivity contribution in [3.05, 3.63) is 29.8 Å². The van der Waals surface area contributed by atoms with Crippen LogP contribution in [0.1, 0.15) is 32.3 Å². The van der Waals surface area contributed by atoms with E-state index in [1.807, 2.05) is 26.0 Å². The summed E-state index contributed by atoms with van der Waals surface area (Å²) in [5.41, 5.74) is 1.21. The molecule has 0 unspecified atom stereocenters. The first-order valence-electron chi connectivity index (χ1n) is 8.09. The maximum Gasteiger partial charge on any atom is 0.191 e. The van der Waals surface area contributed by atoms with Crippen molar-refractivity contribution < 1.29 is 9.47 Å².